The van der Waals surface area contributed by atoms with Crippen molar-refractivity contribution in [1.82, 2.24) is 4.98 Å². The first-order valence-electron chi connectivity index (χ1n) is 3.05. The second-order valence-corrected chi connectivity index (χ2v) is 2.00. The fourth-order valence-corrected chi connectivity index (χ4v) is 0.689. The number of aromatic nitrogens is 2. The van der Waals surface area contributed by atoms with Crippen molar-refractivity contribution in [1.29, 1.82) is 0 Å². The van der Waals surface area contributed by atoms with E-state index in [4.69, 9.17) is 5.11 Å². The summed E-state index contributed by atoms with van der Waals surface area (Å²) >= 11 is 0. The van der Waals surface area contributed by atoms with Crippen LogP contribution in [-0.2, 0) is 11.3 Å². The first-order chi connectivity index (χ1) is 4.83. The first-order valence-corrected chi connectivity index (χ1v) is 3.05. The number of ether oxygens (including phenoxy) is 1. The summed E-state index contributed by atoms with van der Waals surface area (Å²) in [6.07, 6.45) is 4.63. The number of methoxy groups -OCH3 is 1. The molecule has 0 fully saturated rings. The van der Waals surface area contributed by atoms with Gasteiger partial charge in [0.1, 0.15) is 18.9 Å². The van der Waals surface area contributed by atoms with Crippen LogP contribution in [0.3, 0.4) is 0 Å². The molecule has 0 spiro atoms. The molecule has 56 valence electrons. The number of rotatable bonds is 3. The molecule has 1 heterocycles. The largest absolute Gasteiger partial charge is 0.365 e. The van der Waals surface area contributed by atoms with Crippen LogP contribution in [-0.4, -0.2) is 23.5 Å². The molecule has 4 heteroatoms. The average Bonchev–Trinajstić information content (AvgIpc) is 2.40. The smallest absolute Gasteiger partial charge is 0.241 e. The maximum Gasteiger partial charge on any atom is 0.241 e. The molecule has 0 saturated carbocycles. The SMILES string of the molecule is COC(O)C[n+]1cc[nH]c1. The van der Waals surface area contributed by atoms with Crippen LogP contribution >= 0.6 is 0 Å². The minimum absolute atomic E-state index is 0.458. The molecule has 0 aliphatic carbocycles. The Morgan fingerprint density at radius 2 is 2.60 bits per heavy atom. The number of imidazole rings is 1. The van der Waals surface area contributed by atoms with Gasteiger partial charge in [-0.15, -0.1) is 0 Å². The highest BCUT2D eigenvalue weighted by Crippen LogP contribution is 1.81. The van der Waals surface area contributed by atoms with Crippen molar-refractivity contribution in [2.75, 3.05) is 7.11 Å². The maximum absolute atomic E-state index is 8.97. The molecular formula is C6H11N2O2+. The summed E-state index contributed by atoms with van der Waals surface area (Å²) in [4.78, 5) is 2.86. The highest BCUT2D eigenvalue weighted by Gasteiger charge is 2.04. The zero-order chi connectivity index (χ0) is 7.40. The fraction of sp³-hybridized carbons (Fsp3) is 0.500. The third kappa shape index (κ3) is 1.82. The van der Waals surface area contributed by atoms with Crippen LogP contribution in [0.5, 0.6) is 0 Å². The Hall–Kier alpha value is -0.870. The lowest BCUT2D eigenvalue weighted by molar-refractivity contribution is -0.708. The first kappa shape index (κ1) is 7.24. The molecular weight excluding hydrogens is 132 g/mol. The lowest BCUT2D eigenvalue weighted by Gasteiger charge is -2.03. The maximum atomic E-state index is 8.97. The minimum Gasteiger partial charge on any atom is -0.365 e. The summed E-state index contributed by atoms with van der Waals surface area (Å²) in [5.74, 6) is 0. The van der Waals surface area contributed by atoms with Gasteiger partial charge >= 0.3 is 0 Å². The number of hydrogen-bond acceptors (Lipinski definition) is 2. The van der Waals surface area contributed by atoms with Gasteiger partial charge in [0.05, 0.1) is 0 Å². The van der Waals surface area contributed by atoms with Crippen molar-refractivity contribution in [2.24, 2.45) is 0 Å². The Morgan fingerprint density at radius 3 is 3.10 bits per heavy atom. The van der Waals surface area contributed by atoms with Crippen LogP contribution in [0.25, 0.3) is 0 Å². The van der Waals surface area contributed by atoms with Crippen LogP contribution < -0.4 is 4.57 Å². The summed E-state index contributed by atoms with van der Waals surface area (Å²) in [5.41, 5.74) is 0. The van der Waals surface area contributed by atoms with E-state index in [-0.39, 0.29) is 0 Å². The quantitative estimate of drug-likeness (QED) is 0.433. The molecule has 0 saturated heterocycles. The van der Waals surface area contributed by atoms with E-state index in [2.05, 4.69) is 9.72 Å². The zero-order valence-electron chi connectivity index (χ0n) is 5.82. The molecule has 0 radical (unpaired) electrons. The molecule has 1 aromatic rings. The molecule has 1 atom stereocenters. The van der Waals surface area contributed by atoms with Gasteiger partial charge < -0.3 is 9.84 Å². The van der Waals surface area contributed by atoms with Crippen molar-refractivity contribution in [3.05, 3.63) is 18.7 Å². The van der Waals surface area contributed by atoms with Gasteiger partial charge in [-0.2, -0.15) is 0 Å². The van der Waals surface area contributed by atoms with Gasteiger partial charge in [0.25, 0.3) is 0 Å². The van der Waals surface area contributed by atoms with E-state index in [0.717, 1.165) is 0 Å². The summed E-state index contributed by atoms with van der Waals surface area (Å²) < 4.78 is 6.44. The molecule has 0 amide bonds. The summed E-state index contributed by atoms with van der Waals surface area (Å²) in [7, 11) is 1.47. The number of aromatic amines is 1. The summed E-state index contributed by atoms with van der Waals surface area (Å²) in [6.45, 7) is 0.458. The number of hydrogen-bond donors (Lipinski definition) is 2. The number of aliphatic hydroxyl groups excluding tert-OH is 1. The molecule has 4 nitrogen and oxygen atoms in total. The topological polar surface area (TPSA) is 49.1 Å². The Balaban J connectivity index is 2.40. The number of aliphatic hydroxyl groups is 1. The van der Waals surface area contributed by atoms with Gasteiger partial charge in [-0.3, -0.25) is 4.98 Å². The predicted molar refractivity (Wildman–Crippen MR) is 34.0 cm³/mol. The normalized spacial score (nSPS) is 13.4. The van der Waals surface area contributed by atoms with E-state index in [0.29, 0.717) is 6.54 Å². The summed E-state index contributed by atoms with van der Waals surface area (Å²) in [5, 5.41) is 8.97. The van der Waals surface area contributed by atoms with E-state index in [9.17, 15) is 0 Å². The van der Waals surface area contributed by atoms with Crippen LogP contribution in [0.4, 0.5) is 0 Å². The molecule has 1 aromatic heterocycles. The van der Waals surface area contributed by atoms with Crippen LogP contribution in [0, 0.1) is 0 Å². The third-order valence-corrected chi connectivity index (χ3v) is 1.24. The Labute approximate surface area is 59.1 Å². The van der Waals surface area contributed by atoms with Crippen molar-refractivity contribution >= 4 is 0 Å². The van der Waals surface area contributed by atoms with Gasteiger partial charge in [-0.1, -0.05) is 0 Å². The molecule has 10 heavy (non-hydrogen) atoms. The van der Waals surface area contributed by atoms with Crippen LogP contribution in [0.1, 0.15) is 0 Å². The van der Waals surface area contributed by atoms with E-state index < -0.39 is 6.29 Å². The van der Waals surface area contributed by atoms with Gasteiger partial charge in [0.15, 0.2) is 6.29 Å². The fourth-order valence-electron chi connectivity index (χ4n) is 0.689. The Kier molecular flexibility index (Phi) is 2.42. The number of nitrogens with zero attached hydrogens (tertiary/aromatic N) is 1. The molecule has 0 aromatic carbocycles. The summed E-state index contributed by atoms with van der Waals surface area (Å²) in [6, 6.07) is 0. The van der Waals surface area contributed by atoms with Crippen molar-refractivity contribution in [2.45, 2.75) is 12.8 Å². The van der Waals surface area contributed by atoms with E-state index in [1.54, 1.807) is 17.1 Å². The second kappa shape index (κ2) is 3.34. The van der Waals surface area contributed by atoms with Gasteiger partial charge in [0.2, 0.25) is 6.33 Å². The second-order valence-electron chi connectivity index (χ2n) is 2.00. The molecule has 2 N–H and O–H groups in total. The van der Waals surface area contributed by atoms with Gasteiger partial charge in [0, 0.05) is 7.11 Å². The molecule has 0 aliphatic rings. The van der Waals surface area contributed by atoms with Gasteiger partial charge in [-0.05, 0) is 0 Å². The van der Waals surface area contributed by atoms with Gasteiger partial charge in [-0.25, -0.2) is 4.57 Å². The number of H-pyrrole nitrogens is 1. The van der Waals surface area contributed by atoms with E-state index >= 15 is 0 Å². The van der Waals surface area contributed by atoms with E-state index in [1.165, 1.54) is 7.11 Å². The highest BCUT2D eigenvalue weighted by molar-refractivity contribution is 4.55. The average molecular weight is 143 g/mol. The van der Waals surface area contributed by atoms with E-state index in [1.807, 2.05) is 6.20 Å². The zero-order valence-corrected chi connectivity index (χ0v) is 5.82. The Morgan fingerprint density at radius 1 is 1.80 bits per heavy atom. The highest BCUT2D eigenvalue weighted by atomic mass is 16.6. The third-order valence-electron chi connectivity index (χ3n) is 1.24. The predicted octanol–water partition coefficient (Wildman–Crippen LogP) is -0.733. The van der Waals surface area contributed by atoms with Crippen LogP contribution in [0.2, 0.25) is 0 Å². The molecule has 0 aliphatic heterocycles. The minimum atomic E-state index is -0.721. The van der Waals surface area contributed by atoms with Crippen molar-refractivity contribution < 1.29 is 14.4 Å². The number of nitrogens with one attached hydrogen (secondary N) is 1. The lowest BCUT2D eigenvalue weighted by atomic mass is 10.6. The molecule has 1 rings (SSSR count). The van der Waals surface area contributed by atoms with Crippen molar-refractivity contribution in [3.8, 4) is 0 Å². The lowest BCUT2D eigenvalue weighted by Crippen LogP contribution is -2.38. The van der Waals surface area contributed by atoms with Crippen LogP contribution in [0.15, 0.2) is 18.7 Å². The standard InChI is InChI=1S/C6H10N2O2/c1-10-6(9)4-8-3-2-7-5-8/h2-3,5-6,9H,4H2,1H3/p+1. The molecule has 0 bridgehead atoms. The molecule has 1 unspecified atom stereocenters. The monoisotopic (exact) mass is 143 g/mol. The Bertz CT molecular complexity index is 174. The van der Waals surface area contributed by atoms with Crippen molar-refractivity contribution in [3.63, 3.8) is 0 Å².